The van der Waals surface area contributed by atoms with Gasteiger partial charge in [-0.15, -0.1) is 0 Å². The van der Waals surface area contributed by atoms with Crippen molar-refractivity contribution in [2.45, 2.75) is 33.1 Å². The predicted octanol–water partition coefficient (Wildman–Crippen LogP) is 2.89. The molecule has 1 atom stereocenters. The van der Waals surface area contributed by atoms with E-state index >= 15 is 0 Å². The highest BCUT2D eigenvalue weighted by atomic mass is 15.2. The molecule has 0 radical (unpaired) electrons. The third-order valence-corrected chi connectivity index (χ3v) is 3.93. The Labute approximate surface area is 118 Å². The van der Waals surface area contributed by atoms with E-state index in [0.29, 0.717) is 5.92 Å². The van der Waals surface area contributed by atoms with Crippen molar-refractivity contribution in [3.8, 4) is 0 Å². The number of piperazine rings is 1. The van der Waals surface area contributed by atoms with Gasteiger partial charge in [-0.1, -0.05) is 45.0 Å². The fourth-order valence-corrected chi connectivity index (χ4v) is 2.84. The smallest absolute Gasteiger partial charge is 0.0108 e. The molecule has 0 amide bonds. The van der Waals surface area contributed by atoms with Crippen molar-refractivity contribution in [2.75, 3.05) is 32.7 Å². The third-order valence-electron chi connectivity index (χ3n) is 3.93. The molecule has 1 fully saturated rings. The molecule has 1 N–H and O–H groups in total. The van der Waals surface area contributed by atoms with Crippen LogP contribution in [-0.4, -0.2) is 37.6 Å². The second-order valence-electron chi connectivity index (χ2n) is 6.29. The number of hydrogen-bond acceptors (Lipinski definition) is 2. The first-order valence-corrected chi connectivity index (χ1v) is 7.67. The van der Waals surface area contributed by atoms with Crippen molar-refractivity contribution < 1.29 is 0 Å². The van der Waals surface area contributed by atoms with Gasteiger partial charge < -0.3 is 10.2 Å². The quantitative estimate of drug-likeness (QED) is 0.876. The molecule has 2 rings (SSSR count). The Morgan fingerprint density at radius 2 is 1.68 bits per heavy atom. The van der Waals surface area contributed by atoms with Gasteiger partial charge in [0.05, 0.1) is 0 Å². The summed E-state index contributed by atoms with van der Waals surface area (Å²) < 4.78 is 0. The van der Waals surface area contributed by atoms with Crippen LogP contribution >= 0.6 is 0 Å². The molecule has 19 heavy (non-hydrogen) atoms. The monoisotopic (exact) mass is 260 g/mol. The Hall–Kier alpha value is -0.860. The van der Waals surface area contributed by atoms with Crippen molar-refractivity contribution in [1.29, 1.82) is 0 Å². The zero-order valence-electron chi connectivity index (χ0n) is 12.7. The van der Waals surface area contributed by atoms with E-state index in [9.17, 15) is 0 Å². The Kier molecular flexibility index (Phi) is 5.41. The lowest BCUT2D eigenvalue weighted by atomic mass is 9.96. The second kappa shape index (κ2) is 7.06. The fraction of sp³-hybridized carbons (Fsp3) is 0.647. The molecule has 0 bridgehead atoms. The highest BCUT2D eigenvalue weighted by Gasteiger charge is 2.14. The molecule has 1 heterocycles. The summed E-state index contributed by atoms with van der Waals surface area (Å²) in [5.74, 6) is 1.37. The van der Waals surface area contributed by atoms with Gasteiger partial charge in [-0.3, -0.25) is 0 Å². The molecule has 0 aromatic heterocycles. The van der Waals surface area contributed by atoms with E-state index in [1.54, 1.807) is 0 Å². The largest absolute Gasteiger partial charge is 0.314 e. The van der Waals surface area contributed by atoms with Crippen LogP contribution in [0.25, 0.3) is 0 Å². The topological polar surface area (TPSA) is 15.3 Å². The summed E-state index contributed by atoms with van der Waals surface area (Å²) in [7, 11) is 0. The molecular formula is C17H28N2. The van der Waals surface area contributed by atoms with E-state index in [2.05, 4.69) is 55.3 Å². The molecule has 106 valence electrons. The number of rotatable bonds is 5. The number of hydrogen-bond donors (Lipinski definition) is 1. The van der Waals surface area contributed by atoms with Gasteiger partial charge >= 0.3 is 0 Å². The maximum atomic E-state index is 3.41. The van der Waals surface area contributed by atoms with E-state index in [-0.39, 0.29) is 0 Å². The standard InChI is InChI=1S/C17H28N2/c1-14(2)12-16-4-6-17(7-5-16)15(3)13-19-10-8-18-9-11-19/h4-7,14-15,18H,8-13H2,1-3H3. The van der Waals surface area contributed by atoms with E-state index in [1.165, 1.54) is 37.2 Å². The predicted molar refractivity (Wildman–Crippen MR) is 82.7 cm³/mol. The van der Waals surface area contributed by atoms with Crippen molar-refractivity contribution in [3.05, 3.63) is 35.4 Å². The molecule has 1 aliphatic heterocycles. The molecule has 1 unspecified atom stereocenters. The zero-order valence-corrected chi connectivity index (χ0v) is 12.7. The van der Waals surface area contributed by atoms with Gasteiger partial charge in [0.1, 0.15) is 0 Å². The third kappa shape index (κ3) is 4.63. The maximum Gasteiger partial charge on any atom is 0.0108 e. The SMILES string of the molecule is CC(C)Cc1ccc(C(C)CN2CCNCC2)cc1. The van der Waals surface area contributed by atoms with Gasteiger partial charge in [-0.2, -0.15) is 0 Å². The minimum Gasteiger partial charge on any atom is -0.314 e. The minimum atomic E-state index is 0.631. The molecular weight excluding hydrogens is 232 g/mol. The van der Waals surface area contributed by atoms with Crippen LogP contribution in [0.1, 0.15) is 37.8 Å². The van der Waals surface area contributed by atoms with E-state index in [0.717, 1.165) is 19.0 Å². The molecule has 1 aliphatic rings. The zero-order chi connectivity index (χ0) is 13.7. The maximum absolute atomic E-state index is 3.41. The van der Waals surface area contributed by atoms with Gasteiger partial charge in [0.15, 0.2) is 0 Å². The van der Waals surface area contributed by atoms with Crippen molar-refractivity contribution in [1.82, 2.24) is 10.2 Å². The van der Waals surface area contributed by atoms with Crippen LogP contribution in [0.2, 0.25) is 0 Å². The average molecular weight is 260 g/mol. The minimum absolute atomic E-state index is 0.631. The van der Waals surface area contributed by atoms with E-state index < -0.39 is 0 Å². The summed E-state index contributed by atoms with van der Waals surface area (Å²) in [6, 6.07) is 9.27. The number of nitrogens with zero attached hydrogens (tertiary/aromatic N) is 1. The summed E-state index contributed by atoms with van der Waals surface area (Å²) in [5.41, 5.74) is 2.94. The van der Waals surface area contributed by atoms with Crippen molar-refractivity contribution >= 4 is 0 Å². The second-order valence-corrected chi connectivity index (χ2v) is 6.29. The Morgan fingerprint density at radius 1 is 1.05 bits per heavy atom. The normalized spacial score (nSPS) is 18.7. The summed E-state index contributed by atoms with van der Waals surface area (Å²) in [5, 5.41) is 3.41. The lowest BCUT2D eigenvalue weighted by molar-refractivity contribution is 0.230. The summed E-state index contributed by atoms with van der Waals surface area (Å²) >= 11 is 0. The summed E-state index contributed by atoms with van der Waals surface area (Å²) in [4.78, 5) is 2.57. The highest BCUT2D eigenvalue weighted by molar-refractivity contribution is 5.25. The van der Waals surface area contributed by atoms with Gasteiger partial charge in [-0.25, -0.2) is 0 Å². The Balaban J connectivity index is 1.89. The number of nitrogens with one attached hydrogen (secondary N) is 1. The van der Waals surface area contributed by atoms with Crippen LogP contribution in [0.3, 0.4) is 0 Å². The average Bonchev–Trinajstić information content (AvgIpc) is 2.40. The van der Waals surface area contributed by atoms with Gasteiger partial charge in [0, 0.05) is 32.7 Å². The first-order chi connectivity index (χ1) is 9.15. The van der Waals surface area contributed by atoms with Gasteiger partial charge in [0.25, 0.3) is 0 Å². The summed E-state index contributed by atoms with van der Waals surface area (Å²) in [6.07, 6.45) is 1.19. The van der Waals surface area contributed by atoms with Crippen LogP contribution in [0.4, 0.5) is 0 Å². The van der Waals surface area contributed by atoms with Crippen LogP contribution in [0, 0.1) is 5.92 Å². The van der Waals surface area contributed by atoms with Crippen LogP contribution in [0.5, 0.6) is 0 Å². The fourth-order valence-electron chi connectivity index (χ4n) is 2.84. The molecule has 0 aliphatic carbocycles. The first-order valence-electron chi connectivity index (χ1n) is 7.67. The van der Waals surface area contributed by atoms with Crippen LogP contribution < -0.4 is 5.32 Å². The van der Waals surface area contributed by atoms with Crippen LogP contribution in [-0.2, 0) is 6.42 Å². The van der Waals surface area contributed by atoms with Crippen molar-refractivity contribution in [2.24, 2.45) is 5.92 Å². The highest BCUT2D eigenvalue weighted by Crippen LogP contribution is 2.18. The molecule has 0 spiro atoms. The van der Waals surface area contributed by atoms with Crippen LogP contribution in [0.15, 0.2) is 24.3 Å². The van der Waals surface area contributed by atoms with Crippen molar-refractivity contribution in [3.63, 3.8) is 0 Å². The lowest BCUT2D eigenvalue weighted by Gasteiger charge is -2.29. The van der Waals surface area contributed by atoms with E-state index in [4.69, 9.17) is 0 Å². The number of benzene rings is 1. The molecule has 0 saturated carbocycles. The molecule has 2 nitrogen and oxygen atoms in total. The van der Waals surface area contributed by atoms with Gasteiger partial charge in [0.2, 0.25) is 0 Å². The Morgan fingerprint density at radius 3 is 2.26 bits per heavy atom. The summed E-state index contributed by atoms with van der Waals surface area (Å²) in [6.45, 7) is 12.7. The van der Waals surface area contributed by atoms with E-state index in [1.807, 2.05) is 0 Å². The molecule has 1 aromatic rings. The Bertz CT molecular complexity index is 363. The molecule has 1 saturated heterocycles. The molecule has 1 aromatic carbocycles. The first kappa shape index (κ1) is 14.5. The lowest BCUT2D eigenvalue weighted by Crippen LogP contribution is -2.44. The van der Waals surface area contributed by atoms with Gasteiger partial charge in [-0.05, 0) is 29.4 Å². The molecule has 2 heteroatoms.